The molecule has 0 radical (unpaired) electrons. The number of nitrogens with zero attached hydrogens (tertiary/aromatic N) is 2. The molecular weight excluding hydrogens is 212 g/mol. The number of hydrogen-bond donors (Lipinski definition) is 1. The summed E-state index contributed by atoms with van der Waals surface area (Å²) in [5.41, 5.74) is 1.27. The van der Waals surface area contributed by atoms with Crippen molar-refractivity contribution in [2.75, 3.05) is 44.7 Å². The average molecular weight is 234 g/mol. The fraction of sp³-hybridized carbons (Fsp3) is 0.571. The minimum Gasteiger partial charge on any atom is -0.396 e. The molecule has 0 amide bonds. The molecule has 1 atom stereocenters. The van der Waals surface area contributed by atoms with Gasteiger partial charge >= 0.3 is 0 Å². The highest BCUT2D eigenvalue weighted by molar-refractivity contribution is 5.44. The predicted molar refractivity (Wildman–Crippen MR) is 71.3 cm³/mol. The average Bonchev–Trinajstić information content (AvgIpc) is 2.85. The zero-order valence-electron chi connectivity index (χ0n) is 10.5. The topological polar surface area (TPSA) is 26.7 Å². The van der Waals surface area contributed by atoms with Gasteiger partial charge in [0.05, 0.1) is 0 Å². The molecule has 2 rings (SSSR count). The van der Waals surface area contributed by atoms with Gasteiger partial charge in [-0.05, 0) is 31.0 Å². The van der Waals surface area contributed by atoms with E-state index in [1.807, 2.05) is 6.07 Å². The van der Waals surface area contributed by atoms with E-state index in [1.165, 1.54) is 5.69 Å². The molecule has 0 bridgehead atoms. The molecule has 1 aromatic rings. The third kappa shape index (κ3) is 3.45. The van der Waals surface area contributed by atoms with Crippen LogP contribution in [0.4, 0.5) is 5.69 Å². The Morgan fingerprint density at radius 3 is 2.76 bits per heavy atom. The summed E-state index contributed by atoms with van der Waals surface area (Å²) in [7, 11) is 2.13. The predicted octanol–water partition coefficient (Wildman–Crippen LogP) is 1.44. The molecular formula is C14H22N2O. The number of anilines is 1. The van der Waals surface area contributed by atoms with E-state index in [9.17, 15) is 0 Å². The normalized spacial score (nSPS) is 20.7. The van der Waals surface area contributed by atoms with Crippen LogP contribution in [-0.2, 0) is 0 Å². The van der Waals surface area contributed by atoms with E-state index < -0.39 is 0 Å². The highest BCUT2D eigenvalue weighted by atomic mass is 16.3. The number of likely N-dealkylation sites (N-methyl/N-ethyl adjacent to an activating group) is 1. The first-order chi connectivity index (χ1) is 8.29. The van der Waals surface area contributed by atoms with Crippen LogP contribution in [0.25, 0.3) is 0 Å². The van der Waals surface area contributed by atoms with Gasteiger partial charge in [-0.1, -0.05) is 18.2 Å². The van der Waals surface area contributed by atoms with Gasteiger partial charge in [-0.2, -0.15) is 0 Å². The number of aliphatic hydroxyl groups is 1. The summed E-state index contributed by atoms with van der Waals surface area (Å²) in [6.45, 7) is 4.65. The number of hydrogen-bond acceptors (Lipinski definition) is 3. The number of rotatable bonds is 5. The lowest BCUT2D eigenvalue weighted by Crippen LogP contribution is -2.32. The molecule has 0 aromatic heterocycles. The first-order valence-electron chi connectivity index (χ1n) is 6.39. The second kappa shape index (κ2) is 6.03. The van der Waals surface area contributed by atoms with Crippen molar-refractivity contribution in [3.8, 4) is 0 Å². The molecule has 1 saturated heterocycles. The van der Waals surface area contributed by atoms with Gasteiger partial charge in [0, 0.05) is 39.0 Å². The van der Waals surface area contributed by atoms with Crippen LogP contribution in [0.3, 0.4) is 0 Å². The molecule has 1 aliphatic rings. The fourth-order valence-corrected chi connectivity index (χ4v) is 2.37. The summed E-state index contributed by atoms with van der Waals surface area (Å²) in [5, 5.41) is 9.10. The Kier molecular flexibility index (Phi) is 4.40. The summed E-state index contributed by atoms with van der Waals surface area (Å²) in [5.74, 6) is 0.497. The van der Waals surface area contributed by atoms with Crippen molar-refractivity contribution in [1.29, 1.82) is 0 Å². The lowest BCUT2D eigenvalue weighted by atomic mass is 10.1. The summed E-state index contributed by atoms with van der Waals surface area (Å²) in [4.78, 5) is 4.73. The van der Waals surface area contributed by atoms with E-state index >= 15 is 0 Å². The molecule has 1 aromatic carbocycles. The van der Waals surface area contributed by atoms with Gasteiger partial charge < -0.3 is 14.9 Å². The number of likely N-dealkylation sites (tertiary alicyclic amines) is 1. The highest BCUT2D eigenvalue weighted by Gasteiger charge is 2.21. The molecule has 0 saturated carbocycles. The maximum Gasteiger partial charge on any atom is 0.0471 e. The summed E-state index contributed by atoms with van der Waals surface area (Å²) in [6, 6.07) is 10.5. The van der Waals surface area contributed by atoms with Gasteiger partial charge in [0.2, 0.25) is 0 Å². The Morgan fingerprint density at radius 2 is 2.12 bits per heavy atom. The molecule has 94 valence electrons. The summed E-state index contributed by atoms with van der Waals surface area (Å²) >= 11 is 0. The number of aliphatic hydroxyl groups excluding tert-OH is 1. The van der Waals surface area contributed by atoms with Crippen LogP contribution >= 0.6 is 0 Å². The second-order valence-electron chi connectivity index (χ2n) is 4.89. The van der Waals surface area contributed by atoms with Gasteiger partial charge in [0.1, 0.15) is 0 Å². The molecule has 1 heterocycles. The molecule has 1 N–H and O–H groups in total. The lowest BCUT2D eigenvalue weighted by Gasteiger charge is -2.23. The van der Waals surface area contributed by atoms with E-state index in [0.717, 1.165) is 32.6 Å². The van der Waals surface area contributed by atoms with Crippen LogP contribution in [0.1, 0.15) is 6.42 Å². The van der Waals surface area contributed by atoms with Gasteiger partial charge in [-0.3, -0.25) is 0 Å². The molecule has 0 aliphatic carbocycles. The van der Waals surface area contributed by atoms with Crippen LogP contribution in [-0.4, -0.2) is 49.8 Å². The third-order valence-electron chi connectivity index (χ3n) is 3.58. The minimum absolute atomic E-state index is 0.338. The Bertz CT molecular complexity index is 328. The Labute approximate surface area is 104 Å². The molecule has 3 heteroatoms. The molecule has 1 fully saturated rings. The van der Waals surface area contributed by atoms with Crippen LogP contribution in [0.2, 0.25) is 0 Å². The van der Waals surface area contributed by atoms with Crippen LogP contribution in [0.5, 0.6) is 0 Å². The molecule has 1 unspecified atom stereocenters. The highest BCUT2D eigenvalue weighted by Crippen LogP contribution is 2.16. The van der Waals surface area contributed by atoms with Crippen LogP contribution < -0.4 is 4.90 Å². The first kappa shape index (κ1) is 12.4. The van der Waals surface area contributed by atoms with Gasteiger partial charge in [-0.25, -0.2) is 0 Å². The van der Waals surface area contributed by atoms with E-state index in [4.69, 9.17) is 5.11 Å². The standard InChI is InChI=1S/C14H22N2O/c1-15(14-5-3-2-4-6-14)9-10-16-8-7-13(11-16)12-17/h2-6,13,17H,7-12H2,1H3. The number of benzene rings is 1. The Hall–Kier alpha value is -1.06. The monoisotopic (exact) mass is 234 g/mol. The SMILES string of the molecule is CN(CCN1CCC(CO)C1)c1ccccc1. The zero-order valence-corrected chi connectivity index (χ0v) is 10.5. The van der Waals surface area contributed by atoms with Crippen molar-refractivity contribution < 1.29 is 5.11 Å². The fourth-order valence-electron chi connectivity index (χ4n) is 2.37. The molecule has 1 aliphatic heterocycles. The Balaban J connectivity index is 1.75. The van der Waals surface area contributed by atoms with E-state index in [2.05, 4.69) is 41.1 Å². The zero-order chi connectivity index (χ0) is 12.1. The molecule has 3 nitrogen and oxygen atoms in total. The van der Waals surface area contributed by atoms with Crippen molar-refractivity contribution in [2.24, 2.45) is 5.92 Å². The van der Waals surface area contributed by atoms with Crippen molar-refractivity contribution in [3.63, 3.8) is 0 Å². The summed E-state index contributed by atoms with van der Waals surface area (Å²) in [6.07, 6.45) is 1.14. The molecule has 0 spiro atoms. The van der Waals surface area contributed by atoms with Crippen molar-refractivity contribution in [1.82, 2.24) is 4.90 Å². The van der Waals surface area contributed by atoms with Gasteiger partial charge in [0.25, 0.3) is 0 Å². The summed E-state index contributed by atoms with van der Waals surface area (Å²) < 4.78 is 0. The van der Waals surface area contributed by atoms with Gasteiger partial charge in [0.15, 0.2) is 0 Å². The van der Waals surface area contributed by atoms with Crippen LogP contribution in [0.15, 0.2) is 30.3 Å². The van der Waals surface area contributed by atoms with Crippen molar-refractivity contribution >= 4 is 5.69 Å². The quantitative estimate of drug-likeness (QED) is 0.835. The van der Waals surface area contributed by atoms with Gasteiger partial charge in [-0.15, -0.1) is 0 Å². The first-order valence-corrected chi connectivity index (χ1v) is 6.39. The smallest absolute Gasteiger partial charge is 0.0471 e. The minimum atomic E-state index is 0.338. The third-order valence-corrected chi connectivity index (χ3v) is 3.58. The van der Waals surface area contributed by atoms with Crippen molar-refractivity contribution in [3.05, 3.63) is 30.3 Å². The van der Waals surface area contributed by atoms with E-state index in [0.29, 0.717) is 12.5 Å². The Morgan fingerprint density at radius 1 is 1.35 bits per heavy atom. The largest absolute Gasteiger partial charge is 0.396 e. The van der Waals surface area contributed by atoms with Crippen molar-refractivity contribution in [2.45, 2.75) is 6.42 Å². The lowest BCUT2D eigenvalue weighted by molar-refractivity contribution is 0.222. The molecule has 17 heavy (non-hydrogen) atoms. The maximum atomic E-state index is 9.10. The second-order valence-corrected chi connectivity index (χ2v) is 4.89. The number of para-hydroxylation sites is 1. The maximum absolute atomic E-state index is 9.10. The van der Waals surface area contributed by atoms with E-state index in [1.54, 1.807) is 0 Å². The van der Waals surface area contributed by atoms with E-state index in [-0.39, 0.29) is 0 Å². The van der Waals surface area contributed by atoms with Crippen LogP contribution in [0, 0.1) is 5.92 Å².